The zero-order chi connectivity index (χ0) is 21.0. The minimum absolute atomic E-state index is 0.171. The normalized spacial score (nSPS) is 14.3. The van der Waals surface area contributed by atoms with Gasteiger partial charge in [-0.05, 0) is 46.1 Å². The van der Waals surface area contributed by atoms with Crippen LogP contribution in [0.3, 0.4) is 0 Å². The van der Waals surface area contributed by atoms with Gasteiger partial charge in [-0.2, -0.15) is 0 Å². The molecule has 1 aliphatic carbocycles. The highest BCUT2D eigenvalue weighted by Gasteiger charge is 2.25. The largest absolute Gasteiger partial charge is 0.462 e. The van der Waals surface area contributed by atoms with Gasteiger partial charge in [0.1, 0.15) is 10.8 Å². The molecule has 0 spiro atoms. The van der Waals surface area contributed by atoms with Gasteiger partial charge in [0.25, 0.3) is 0 Å². The summed E-state index contributed by atoms with van der Waals surface area (Å²) in [5.74, 6) is 1.16. The van der Waals surface area contributed by atoms with Gasteiger partial charge in [0, 0.05) is 17.3 Å². The van der Waals surface area contributed by atoms with Crippen LogP contribution in [0.1, 0.15) is 72.1 Å². The van der Waals surface area contributed by atoms with E-state index in [2.05, 4.69) is 27.0 Å². The van der Waals surface area contributed by atoms with Crippen LogP contribution < -0.4 is 5.32 Å². The number of amides is 1. The second-order valence-corrected chi connectivity index (χ2v) is 9.28. The lowest BCUT2D eigenvalue weighted by Crippen LogP contribution is -2.17. The molecule has 158 valence electrons. The van der Waals surface area contributed by atoms with Crippen molar-refractivity contribution in [1.29, 1.82) is 0 Å². The summed E-state index contributed by atoms with van der Waals surface area (Å²) in [6.45, 7) is 8.74. The summed E-state index contributed by atoms with van der Waals surface area (Å²) in [7, 11) is 0. The predicted molar refractivity (Wildman–Crippen MR) is 116 cm³/mol. The third-order valence-corrected chi connectivity index (χ3v) is 7.32. The molecule has 1 fully saturated rings. The molecule has 1 N–H and O–H groups in total. The van der Waals surface area contributed by atoms with E-state index in [-0.39, 0.29) is 11.7 Å². The van der Waals surface area contributed by atoms with Crippen LogP contribution in [0.2, 0.25) is 0 Å². The molecule has 3 rings (SSSR count). The van der Waals surface area contributed by atoms with Crippen molar-refractivity contribution in [3.05, 3.63) is 21.8 Å². The number of rotatable bonds is 8. The standard InChI is InChI=1S/C20H28N4O3S2/c1-5-24-17(14-9-7-8-10-14)22-23-20(24)28-11-15(25)21-18-16(19(26)27-6-2)12(3)13(4)29-18/h14H,5-11H2,1-4H3,(H,21,25). The quantitative estimate of drug-likeness (QED) is 0.483. The van der Waals surface area contributed by atoms with Crippen LogP contribution in [-0.2, 0) is 16.1 Å². The molecule has 0 aliphatic heterocycles. The first-order valence-electron chi connectivity index (χ1n) is 10.1. The monoisotopic (exact) mass is 436 g/mol. The van der Waals surface area contributed by atoms with Gasteiger partial charge in [0.05, 0.1) is 17.9 Å². The van der Waals surface area contributed by atoms with E-state index >= 15 is 0 Å². The number of ether oxygens (including phenoxy) is 1. The Morgan fingerprint density at radius 1 is 1.24 bits per heavy atom. The van der Waals surface area contributed by atoms with Crippen molar-refractivity contribution in [1.82, 2.24) is 14.8 Å². The van der Waals surface area contributed by atoms with E-state index < -0.39 is 5.97 Å². The summed E-state index contributed by atoms with van der Waals surface area (Å²) in [4.78, 5) is 25.8. The average Bonchev–Trinajstić information content (AvgIpc) is 3.40. The number of thioether (sulfide) groups is 1. The van der Waals surface area contributed by atoms with Crippen LogP contribution in [0.4, 0.5) is 5.00 Å². The molecule has 1 saturated carbocycles. The van der Waals surface area contributed by atoms with Crippen molar-refractivity contribution in [3.63, 3.8) is 0 Å². The van der Waals surface area contributed by atoms with E-state index in [9.17, 15) is 9.59 Å². The second-order valence-electron chi connectivity index (χ2n) is 7.11. The van der Waals surface area contributed by atoms with Gasteiger partial charge in [-0.25, -0.2) is 4.79 Å². The van der Waals surface area contributed by atoms with Crippen LogP contribution in [0.5, 0.6) is 0 Å². The topological polar surface area (TPSA) is 86.1 Å². The molecule has 0 saturated heterocycles. The van der Waals surface area contributed by atoms with Crippen molar-refractivity contribution in [3.8, 4) is 0 Å². The zero-order valence-electron chi connectivity index (χ0n) is 17.4. The van der Waals surface area contributed by atoms with Gasteiger partial charge in [-0.1, -0.05) is 24.6 Å². The Kier molecular flexibility index (Phi) is 7.34. The highest BCUT2D eigenvalue weighted by atomic mass is 32.2. The molecule has 2 aromatic rings. The Morgan fingerprint density at radius 2 is 1.97 bits per heavy atom. The number of nitrogens with one attached hydrogen (secondary N) is 1. The minimum Gasteiger partial charge on any atom is -0.462 e. The third-order valence-electron chi connectivity index (χ3n) is 5.23. The molecule has 1 aliphatic rings. The number of hydrogen-bond acceptors (Lipinski definition) is 7. The van der Waals surface area contributed by atoms with E-state index in [0.717, 1.165) is 40.8 Å². The molecular weight excluding hydrogens is 408 g/mol. The van der Waals surface area contributed by atoms with Crippen molar-refractivity contribution < 1.29 is 14.3 Å². The number of hydrogen-bond donors (Lipinski definition) is 1. The summed E-state index contributed by atoms with van der Waals surface area (Å²) >= 11 is 2.78. The Labute approximate surface area is 179 Å². The Bertz CT molecular complexity index is 885. The van der Waals surface area contributed by atoms with Crippen LogP contribution >= 0.6 is 23.1 Å². The summed E-state index contributed by atoms with van der Waals surface area (Å²) in [5.41, 5.74) is 1.30. The Hall–Kier alpha value is -1.87. The molecule has 0 radical (unpaired) electrons. The number of aromatic nitrogens is 3. The maximum Gasteiger partial charge on any atom is 0.341 e. The van der Waals surface area contributed by atoms with Gasteiger partial charge in [-0.3, -0.25) is 4.79 Å². The summed E-state index contributed by atoms with van der Waals surface area (Å²) in [5, 5.41) is 12.9. The van der Waals surface area contributed by atoms with Gasteiger partial charge in [-0.15, -0.1) is 21.5 Å². The molecule has 29 heavy (non-hydrogen) atoms. The lowest BCUT2D eigenvalue weighted by atomic mass is 10.1. The van der Waals surface area contributed by atoms with E-state index in [1.807, 2.05) is 13.8 Å². The first-order chi connectivity index (χ1) is 14.0. The molecule has 9 heteroatoms. The summed E-state index contributed by atoms with van der Waals surface area (Å²) < 4.78 is 7.27. The molecule has 2 aromatic heterocycles. The Balaban J connectivity index is 1.67. The van der Waals surface area contributed by atoms with Gasteiger partial charge < -0.3 is 14.6 Å². The first kappa shape index (κ1) is 21.8. The van der Waals surface area contributed by atoms with Crippen LogP contribution in [0.25, 0.3) is 0 Å². The lowest BCUT2D eigenvalue weighted by Gasteiger charge is -2.11. The maximum absolute atomic E-state index is 12.6. The van der Waals surface area contributed by atoms with Gasteiger partial charge in [0.2, 0.25) is 5.91 Å². The number of esters is 1. The fourth-order valence-corrected chi connectivity index (χ4v) is 5.52. The third kappa shape index (κ3) is 4.83. The fourth-order valence-electron chi connectivity index (χ4n) is 3.65. The average molecular weight is 437 g/mol. The summed E-state index contributed by atoms with van der Waals surface area (Å²) in [6.07, 6.45) is 4.82. The SMILES string of the molecule is CCOC(=O)c1c(NC(=O)CSc2nnc(C3CCCC3)n2CC)sc(C)c1C. The summed E-state index contributed by atoms with van der Waals surface area (Å²) in [6, 6.07) is 0. The zero-order valence-corrected chi connectivity index (χ0v) is 19.0. The molecule has 7 nitrogen and oxygen atoms in total. The van der Waals surface area contributed by atoms with Crippen LogP contribution in [0, 0.1) is 13.8 Å². The number of carbonyl (C=O) groups excluding carboxylic acids is 2. The van der Waals surface area contributed by atoms with Crippen molar-refractivity contribution in [2.24, 2.45) is 0 Å². The van der Waals surface area contributed by atoms with E-state index in [0.29, 0.717) is 23.1 Å². The molecule has 0 unspecified atom stereocenters. The number of anilines is 1. The van der Waals surface area contributed by atoms with Gasteiger partial charge in [0.15, 0.2) is 5.16 Å². The molecular formula is C20H28N4O3S2. The van der Waals surface area contributed by atoms with E-state index in [1.54, 1.807) is 6.92 Å². The van der Waals surface area contributed by atoms with E-state index in [4.69, 9.17) is 4.74 Å². The molecule has 0 atom stereocenters. The molecule has 0 bridgehead atoms. The number of carbonyl (C=O) groups is 2. The fraction of sp³-hybridized carbons (Fsp3) is 0.600. The van der Waals surface area contributed by atoms with Crippen molar-refractivity contribution in [2.45, 2.75) is 71.0 Å². The number of aryl methyl sites for hydroxylation is 1. The number of nitrogens with zero attached hydrogens (tertiary/aromatic N) is 3. The molecule has 2 heterocycles. The Morgan fingerprint density at radius 3 is 2.62 bits per heavy atom. The molecule has 1 amide bonds. The smallest absolute Gasteiger partial charge is 0.341 e. The minimum atomic E-state index is -0.399. The number of thiophene rings is 1. The second kappa shape index (κ2) is 9.75. The highest BCUT2D eigenvalue weighted by Crippen LogP contribution is 2.35. The lowest BCUT2D eigenvalue weighted by molar-refractivity contribution is -0.113. The van der Waals surface area contributed by atoms with Gasteiger partial charge >= 0.3 is 5.97 Å². The molecule has 0 aromatic carbocycles. The maximum atomic E-state index is 12.6. The van der Waals surface area contributed by atoms with Crippen molar-refractivity contribution >= 4 is 40.0 Å². The predicted octanol–water partition coefficient (Wildman–Crippen LogP) is 4.54. The van der Waals surface area contributed by atoms with E-state index in [1.165, 1.54) is 35.9 Å². The van der Waals surface area contributed by atoms with Crippen molar-refractivity contribution in [2.75, 3.05) is 17.7 Å². The van der Waals surface area contributed by atoms with Crippen LogP contribution in [-0.4, -0.2) is 39.0 Å². The first-order valence-corrected chi connectivity index (χ1v) is 11.9. The highest BCUT2D eigenvalue weighted by molar-refractivity contribution is 7.99. The van der Waals surface area contributed by atoms with Crippen LogP contribution in [0.15, 0.2) is 5.16 Å².